The van der Waals surface area contributed by atoms with Crippen molar-refractivity contribution in [1.82, 2.24) is 20.1 Å². The van der Waals surface area contributed by atoms with E-state index >= 15 is 0 Å². The highest BCUT2D eigenvalue weighted by Crippen LogP contribution is 2.11. The van der Waals surface area contributed by atoms with Crippen molar-refractivity contribution in [3.63, 3.8) is 0 Å². The molecule has 1 amide bonds. The molecule has 0 saturated carbocycles. The number of oxazole rings is 1. The molecule has 3 aromatic rings. The zero-order valence-corrected chi connectivity index (χ0v) is 12.2. The summed E-state index contributed by atoms with van der Waals surface area (Å²) in [6, 6.07) is 9.84. The lowest BCUT2D eigenvalue weighted by Crippen LogP contribution is -2.24. The Morgan fingerprint density at radius 2 is 2.09 bits per heavy atom. The standard InChI is InChI=1S/C16H16N4O2/c1-12-15(22-11-18-12)16(21)17-9-13-5-2-3-6-14(13)10-20-8-4-7-19-20/h2-8,11H,9-10H2,1H3,(H,17,21). The first-order valence-corrected chi connectivity index (χ1v) is 6.96. The summed E-state index contributed by atoms with van der Waals surface area (Å²) in [6.07, 6.45) is 4.93. The van der Waals surface area contributed by atoms with Crippen LogP contribution in [0.1, 0.15) is 27.4 Å². The van der Waals surface area contributed by atoms with E-state index in [0.717, 1.165) is 11.1 Å². The largest absolute Gasteiger partial charge is 0.438 e. The molecule has 0 bridgehead atoms. The number of carbonyl (C=O) groups is 1. The zero-order valence-electron chi connectivity index (χ0n) is 12.2. The molecule has 1 aromatic carbocycles. The van der Waals surface area contributed by atoms with E-state index in [9.17, 15) is 4.79 Å². The van der Waals surface area contributed by atoms with Gasteiger partial charge in [0.1, 0.15) is 0 Å². The van der Waals surface area contributed by atoms with Gasteiger partial charge in [-0.2, -0.15) is 5.10 Å². The first-order chi connectivity index (χ1) is 10.7. The molecular formula is C16H16N4O2. The van der Waals surface area contributed by atoms with Gasteiger partial charge in [-0.1, -0.05) is 24.3 Å². The SMILES string of the molecule is Cc1ncoc1C(=O)NCc1ccccc1Cn1cccn1. The highest BCUT2D eigenvalue weighted by molar-refractivity contribution is 5.92. The van der Waals surface area contributed by atoms with Crippen molar-refractivity contribution in [2.24, 2.45) is 0 Å². The summed E-state index contributed by atoms with van der Waals surface area (Å²) >= 11 is 0. The van der Waals surface area contributed by atoms with Crippen LogP contribution in [-0.4, -0.2) is 20.7 Å². The second kappa shape index (κ2) is 6.26. The van der Waals surface area contributed by atoms with Crippen LogP contribution in [-0.2, 0) is 13.1 Å². The molecule has 2 aromatic heterocycles. The third kappa shape index (κ3) is 3.06. The number of hydrogen-bond donors (Lipinski definition) is 1. The van der Waals surface area contributed by atoms with Gasteiger partial charge in [0.05, 0.1) is 12.2 Å². The van der Waals surface area contributed by atoms with E-state index in [1.807, 2.05) is 41.2 Å². The fourth-order valence-electron chi connectivity index (χ4n) is 2.23. The Bertz CT molecular complexity index is 762. The molecule has 0 fully saturated rings. The second-order valence-corrected chi connectivity index (χ2v) is 4.92. The monoisotopic (exact) mass is 296 g/mol. The number of nitrogens with zero attached hydrogens (tertiary/aromatic N) is 3. The number of aromatic nitrogens is 3. The van der Waals surface area contributed by atoms with E-state index < -0.39 is 0 Å². The van der Waals surface area contributed by atoms with Crippen LogP contribution in [0.25, 0.3) is 0 Å². The van der Waals surface area contributed by atoms with Crippen molar-refractivity contribution < 1.29 is 9.21 Å². The Labute approximate surface area is 127 Å². The molecule has 0 atom stereocenters. The van der Waals surface area contributed by atoms with Crippen LogP contribution in [0.5, 0.6) is 0 Å². The first-order valence-electron chi connectivity index (χ1n) is 6.96. The summed E-state index contributed by atoms with van der Waals surface area (Å²) < 4.78 is 6.94. The van der Waals surface area contributed by atoms with Gasteiger partial charge in [0.2, 0.25) is 5.76 Å². The third-order valence-corrected chi connectivity index (χ3v) is 3.40. The van der Waals surface area contributed by atoms with Crippen LogP contribution in [0.2, 0.25) is 0 Å². The van der Waals surface area contributed by atoms with Crippen molar-refractivity contribution >= 4 is 5.91 Å². The van der Waals surface area contributed by atoms with Crippen LogP contribution in [0.4, 0.5) is 0 Å². The topological polar surface area (TPSA) is 73.0 Å². The lowest BCUT2D eigenvalue weighted by atomic mass is 10.1. The Kier molecular flexibility index (Phi) is 4.00. The van der Waals surface area contributed by atoms with Crippen molar-refractivity contribution in [1.29, 1.82) is 0 Å². The Morgan fingerprint density at radius 1 is 1.27 bits per heavy atom. The Morgan fingerprint density at radius 3 is 2.77 bits per heavy atom. The molecule has 112 valence electrons. The van der Waals surface area contributed by atoms with Gasteiger partial charge in [-0.25, -0.2) is 4.98 Å². The summed E-state index contributed by atoms with van der Waals surface area (Å²) in [5.74, 6) is -0.00607. The molecule has 1 N–H and O–H groups in total. The maximum Gasteiger partial charge on any atom is 0.289 e. The summed E-state index contributed by atoms with van der Waals surface area (Å²) in [4.78, 5) is 16.0. The normalized spacial score (nSPS) is 10.6. The van der Waals surface area contributed by atoms with E-state index in [1.165, 1.54) is 6.39 Å². The van der Waals surface area contributed by atoms with Gasteiger partial charge in [-0.05, 0) is 24.1 Å². The smallest absolute Gasteiger partial charge is 0.289 e. The minimum atomic E-state index is -0.260. The van der Waals surface area contributed by atoms with Crippen molar-refractivity contribution in [2.45, 2.75) is 20.0 Å². The molecular weight excluding hydrogens is 280 g/mol. The molecule has 2 heterocycles. The highest BCUT2D eigenvalue weighted by atomic mass is 16.3. The fraction of sp³-hybridized carbons (Fsp3) is 0.188. The predicted molar refractivity (Wildman–Crippen MR) is 80.2 cm³/mol. The van der Waals surface area contributed by atoms with Crippen LogP contribution in [0.15, 0.2) is 53.5 Å². The van der Waals surface area contributed by atoms with Gasteiger partial charge in [0.25, 0.3) is 5.91 Å². The molecule has 3 rings (SSSR count). The lowest BCUT2D eigenvalue weighted by molar-refractivity contribution is 0.0922. The number of hydrogen-bond acceptors (Lipinski definition) is 4. The summed E-state index contributed by atoms with van der Waals surface area (Å²) in [7, 11) is 0. The third-order valence-electron chi connectivity index (χ3n) is 3.40. The molecule has 0 saturated heterocycles. The molecule has 0 spiro atoms. The van der Waals surface area contributed by atoms with Crippen molar-refractivity contribution in [3.8, 4) is 0 Å². The summed E-state index contributed by atoms with van der Waals surface area (Å²) in [5.41, 5.74) is 2.74. The van der Waals surface area contributed by atoms with Gasteiger partial charge in [0.15, 0.2) is 6.39 Å². The number of rotatable bonds is 5. The quantitative estimate of drug-likeness (QED) is 0.783. The van der Waals surface area contributed by atoms with Crippen LogP contribution < -0.4 is 5.32 Å². The van der Waals surface area contributed by atoms with Gasteiger partial charge in [-0.15, -0.1) is 0 Å². The second-order valence-electron chi connectivity index (χ2n) is 4.92. The molecule has 0 aliphatic carbocycles. The van der Waals surface area contributed by atoms with Gasteiger partial charge >= 0.3 is 0 Å². The lowest BCUT2D eigenvalue weighted by Gasteiger charge is -2.10. The van der Waals surface area contributed by atoms with Crippen LogP contribution in [0.3, 0.4) is 0 Å². The minimum Gasteiger partial charge on any atom is -0.438 e. The van der Waals surface area contributed by atoms with Gasteiger partial charge < -0.3 is 9.73 Å². The van der Waals surface area contributed by atoms with Crippen molar-refractivity contribution in [3.05, 3.63) is 71.7 Å². The van der Waals surface area contributed by atoms with E-state index in [2.05, 4.69) is 15.4 Å². The number of nitrogens with one attached hydrogen (secondary N) is 1. The molecule has 0 aliphatic heterocycles. The van der Waals surface area contributed by atoms with E-state index in [0.29, 0.717) is 18.8 Å². The average molecular weight is 296 g/mol. The molecule has 6 heteroatoms. The molecule has 0 aliphatic rings. The van der Waals surface area contributed by atoms with E-state index in [4.69, 9.17) is 4.42 Å². The molecule has 0 radical (unpaired) electrons. The fourth-order valence-corrected chi connectivity index (χ4v) is 2.23. The number of carbonyl (C=O) groups excluding carboxylic acids is 1. The molecule has 22 heavy (non-hydrogen) atoms. The van der Waals surface area contributed by atoms with Crippen LogP contribution >= 0.6 is 0 Å². The Balaban J connectivity index is 1.70. The highest BCUT2D eigenvalue weighted by Gasteiger charge is 2.14. The number of benzene rings is 1. The van der Waals surface area contributed by atoms with Crippen molar-refractivity contribution in [2.75, 3.05) is 0 Å². The molecule has 0 unspecified atom stereocenters. The van der Waals surface area contributed by atoms with Gasteiger partial charge in [0, 0.05) is 18.9 Å². The predicted octanol–water partition coefficient (Wildman–Crippen LogP) is 2.16. The first kappa shape index (κ1) is 14.1. The van der Waals surface area contributed by atoms with Gasteiger partial charge in [-0.3, -0.25) is 9.48 Å². The number of aryl methyl sites for hydroxylation is 1. The van der Waals surface area contributed by atoms with E-state index in [-0.39, 0.29) is 11.7 Å². The Hall–Kier alpha value is -2.89. The summed E-state index contributed by atoms with van der Waals surface area (Å²) in [5, 5.41) is 7.07. The minimum absolute atomic E-state index is 0.254. The number of amides is 1. The maximum absolute atomic E-state index is 12.1. The van der Waals surface area contributed by atoms with Crippen LogP contribution in [0, 0.1) is 6.92 Å². The zero-order chi connectivity index (χ0) is 15.4. The molecule has 6 nitrogen and oxygen atoms in total. The average Bonchev–Trinajstić information content (AvgIpc) is 3.17. The summed E-state index contributed by atoms with van der Waals surface area (Å²) in [6.45, 7) is 2.83. The maximum atomic E-state index is 12.1. The van der Waals surface area contributed by atoms with E-state index in [1.54, 1.807) is 13.1 Å².